The van der Waals surface area contributed by atoms with E-state index in [-0.39, 0.29) is 56.1 Å². The monoisotopic (exact) mass is 808 g/mol. The van der Waals surface area contributed by atoms with Gasteiger partial charge in [-0.1, -0.05) is 71.4 Å². The maximum absolute atomic E-state index is 11.4. The molecule has 282 valence electrons. The van der Waals surface area contributed by atoms with Crippen LogP contribution in [0.1, 0.15) is 116 Å². The van der Waals surface area contributed by atoms with Crippen molar-refractivity contribution in [3.63, 3.8) is 0 Å². The Morgan fingerprint density at radius 3 is 0.904 bits per heavy atom. The van der Waals surface area contributed by atoms with Crippen molar-refractivity contribution in [1.82, 2.24) is 0 Å². The number of hydrogen-bond acceptors (Lipinski definition) is 12. The van der Waals surface area contributed by atoms with Crippen molar-refractivity contribution in [2.45, 2.75) is 116 Å². The fraction of sp³-hybridized carbons (Fsp3) is 0.462. The number of hydrogen-bond donors (Lipinski definition) is 0. The summed E-state index contributed by atoms with van der Waals surface area (Å²) in [6, 6.07) is 0. The van der Waals surface area contributed by atoms with Crippen molar-refractivity contribution in [3.8, 4) is 0 Å². The largest absolute Gasteiger partial charge is 3.00 e. The topological polar surface area (TPSA) is 223 Å². The first-order chi connectivity index (χ1) is 24.3. The number of Topliss-reactive ketones (excluding diaryl/α,β-unsaturated/α-hetero) is 6. The van der Waals surface area contributed by atoms with Gasteiger partial charge in [0.2, 0.25) is 0 Å². The number of carbonyl (C=O) groups excluding carboxylic acids is 9. The Balaban J connectivity index is 0.000000743. The summed E-state index contributed by atoms with van der Waals surface area (Å²) >= 11 is 0. The third-order valence-electron chi connectivity index (χ3n) is 7.79. The summed E-state index contributed by atoms with van der Waals surface area (Å²) in [5, 5.41) is 30.6. The van der Waals surface area contributed by atoms with Gasteiger partial charge >= 0.3 is 19.5 Å². The molecule has 0 spiro atoms. The van der Waals surface area contributed by atoms with Crippen LogP contribution >= 0.6 is 0 Å². The molecule has 0 amide bonds. The molecule has 0 fully saturated rings. The van der Waals surface area contributed by atoms with Gasteiger partial charge in [-0.3, -0.25) is 28.8 Å². The van der Waals surface area contributed by atoms with Gasteiger partial charge in [-0.25, -0.2) is 0 Å². The molecular formula is C39H45O12Rh. The van der Waals surface area contributed by atoms with Crippen LogP contribution in [0, 0.1) is 0 Å². The zero-order chi connectivity index (χ0) is 38.0. The van der Waals surface area contributed by atoms with E-state index < -0.39 is 54.5 Å². The Morgan fingerprint density at radius 2 is 0.673 bits per heavy atom. The van der Waals surface area contributed by atoms with Gasteiger partial charge in [0, 0.05) is 19.3 Å². The summed E-state index contributed by atoms with van der Waals surface area (Å²) in [5.41, 5.74) is 2.87. The molecule has 13 heteroatoms. The Morgan fingerprint density at radius 1 is 0.423 bits per heavy atom. The van der Waals surface area contributed by atoms with Gasteiger partial charge in [0.25, 0.3) is 0 Å². The number of ketones is 6. The normalized spacial score (nSPS) is 20.2. The predicted octanol–water partition coefficient (Wildman–Crippen LogP) is 2.13. The second kappa shape index (κ2) is 28.1. The van der Waals surface area contributed by atoms with Crippen LogP contribution in [0.25, 0.3) is 0 Å². The summed E-state index contributed by atoms with van der Waals surface area (Å²) in [5.74, 6) is -9.87. The first-order valence-electron chi connectivity index (χ1n) is 17.1. The zero-order valence-electron chi connectivity index (χ0n) is 29.2. The van der Waals surface area contributed by atoms with Gasteiger partial charge in [-0.05, 0) is 77.0 Å². The molecule has 12 nitrogen and oxygen atoms in total. The second-order valence-electron chi connectivity index (χ2n) is 12.3. The minimum atomic E-state index is -1.79. The van der Waals surface area contributed by atoms with Crippen molar-refractivity contribution < 1.29 is 77.9 Å². The quantitative estimate of drug-likeness (QED) is 0.132. The molecule has 0 atom stereocenters. The molecule has 0 N–H and O–H groups in total. The summed E-state index contributed by atoms with van der Waals surface area (Å²) in [4.78, 5) is 97.3. The van der Waals surface area contributed by atoms with Crippen LogP contribution in [0.2, 0.25) is 0 Å². The Labute approximate surface area is 316 Å². The zero-order valence-corrected chi connectivity index (χ0v) is 30.8. The molecule has 52 heavy (non-hydrogen) atoms. The Kier molecular flexibility index (Phi) is 25.7. The van der Waals surface area contributed by atoms with Crippen molar-refractivity contribution >= 4 is 52.6 Å². The molecule has 0 aliphatic heterocycles. The van der Waals surface area contributed by atoms with Crippen LogP contribution in [-0.4, -0.2) is 52.6 Å². The molecule has 0 heterocycles. The van der Waals surface area contributed by atoms with Crippen LogP contribution in [0.5, 0.6) is 0 Å². The summed E-state index contributed by atoms with van der Waals surface area (Å²) < 4.78 is 0. The van der Waals surface area contributed by atoms with Gasteiger partial charge in [-0.15, -0.1) is 0 Å². The first kappa shape index (κ1) is 47.5. The maximum Gasteiger partial charge on any atom is 3.00 e. The third-order valence-corrected chi connectivity index (χ3v) is 7.79. The van der Waals surface area contributed by atoms with Crippen LogP contribution < -0.4 is 15.3 Å². The summed E-state index contributed by atoms with van der Waals surface area (Å²) in [7, 11) is 0. The average Bonchev–Trinajstić information content (AvgIpc) is 3.01. The van der Waals surface area contributed by atoms with Gasteiger partial charge in [0.05, 0.1) is 19.3 Å². The van der Waals surface area contributed by atoms with Crippen molar-refractivity contribution in [2.75, 3.05) is 0 Å². The minimum Gasteiger partial charge on any atom is -0.542 e. The minimum absolute atomic E-state index is 0. The van der Waals surface area contributed by atoms with Crippen LogP contribution in [0.15, 0.2) is 71.4 Å². The Hall–Kier alpha value is -4.51. The number of carbonyl (C=O) groups is 9. The molecule has 3 rings (SSSR count). The van der Waals surface area contributed by atoms with E-state index in [4.69, 9.17) is 0 Å². The maximum atomic E-state index is 11.4. The van der Waals surface area contributed by atoms with E-state index in [2.05, 4.69) is 0 Å². The van der Waals surface area contributed by atoms with Gasteiger partial charge < -0.3 is 29.7 Å². The average molecular weight is 809 g/mol. The standard InChI is InChI=1S/3C13H16O4.Rh/c3*14-11(9-12(15)13(16)17)8-10-6-4-2-1-3-5-7-10;/h3*2,4,6H,1,3,5,7-9H2,(H,16,17);/q;;;+3/p-3/b3*4-2-,10-6+;. The van der Waals surface area contributed by atoms with Crippen LogP contribution in [0.4, 0.5) is 0 Å². The van der Waals surface area contributed by atoms with E-state index >= 15 is 0 Å². The van der Waals surface area contributed by atoms with E-state index in [9.17, 15) is 58.5 Å². The molecule has 3 aliphatic carbocycles. The number of rotatable bonds is 15. The fourth-order valence-corrected chi connectivity index (χ4v) is 5.14. The van der Waals surface area contributed by atoms with Crippen LogP contribution in [0.3, 0.4) is 0 Å². The predicted molar refractivity (Wildman–Crippen MR) is 180 cm³/mol. The molecule has 0 saturated carbocycles. The van der Waals surface area contributed by atoms with E-state index in [0.717, 1.165) is 93.8 Å². The molecule has 0 radical (unpaired) electrons. The van der Waals surface area contributed by atoms with E-state index in [0.29, 0.717) is 0 Å². The molecule has 3 aliphatic rings. The van der Waals surface area contributed by atoms with Gasteiger partial charge in [0.1, 0.15) is 35.3 Å². The molecule has 0 unspecified atom stereocenters. The molecule has 0 saturated heterocycles. The number of carboxylic acid groups (broad SMARTS) is 3. The number of carboxylic acids is 3. The van der Waals surface area contributed by atoms with E-state index in [1.54, 1.807) is 0 Å². The van der Waals surface area contributed by atoms with Crippen molar-refractivity contribution in [3.05, 3.63) is 71.4 Å². The van der Waals surface area contributed by atoms with E-state index in [1.807, 2.05) is 54.7 Å². The molecule has 0 aromatic carbocycles. The Bertz CT molecular complexity index is 1310. The molecule has 0 bridgehead atoms. The summed E-state index contributed by atoms with van der Waals surface area (Å²) in [6.45, 7) is 0. The summed E-state index contributed by atoms with van der Waals surface area (Å²) in [6.07, 6.45) is 28.1. The third kappa shape index (κ3) is 23.8. The van der Waals surface area contributed by atoms with Gasteiger partial charge in [-0.2, -0.15) is 0 Å². The molecule has 0 aromatic rings. The number of aliphatic carboxylic acids is 3. The first-order valence-corrected chi connectivity index (χ1v) is 17.1. The fourth-order valence-electron chi connectivity index (χ4n) is 5.14. The number of allylic oxidation sites excluding steroid dienone is 12. The molecular weight excluding hydrogens is 763 g/mol. The van der Waals surface area contributed by atoms with Crippen molar-refractivity contribution in [2.24, 2.45) is 0 Å². The smallest absolute Gasteiger partial charge is 0.542 e. The SMILES string of the molecule is O=C(CC(=O)C(=O)[O-])C/C1=C/C=C\CCCC1.O=C(CC(=O)C(=O)[O-])C/C1=C/C=C\CCCC1.O=C(CC(=O)C(=O)[O-])C/C1=C/C=C\CCCC1.[Rh+3]. The molecule has 0 aromatic heterocycles. The van der Waals surface area contributed by atoms with Crippen molar-refractivity contribution in [1.29, 1.82) is 0 Å². The van der Waals surface area contributed by atoms with E-state index in [1.165, 1.54) is 0 Å². The van der Waals surface area contributed by atoms with Gasteiger partial charge in [0.15, 0.2) is 17.3 Å². The second-order valence-corrected chi connectivity index (χ2v) is 12.3. The van der Waals surface area contributed by atoms with Crippen LogP contribution in [-0.2, 0) is 62.6 Å².